The Morgan fingerprint density at radius 3 is 2.71 bits per heavy atom. The van der Waals surface area contributed by atoms with Crippen molar-refractivity contribution >= 4 is 16.6 Å². The molecule has 0 aliphatic heterocycles. The summed E-state index contributed by atoms with van der Waals surface area (Å²) in [5, 5.41) is 11.6. The zero-order chi connectivity index (χ0) is 14.7. The highest BCUT2D eigenvalue weighted by atomic mass is 16.6. The number of nitrogens with zero attached hydrogens (tertiary/aromatic N) is 3. The van der Waals surface area contributed by atoms with E-state index in [2.05, 4.69) is 21.8 Å². The molecule has 0 saturated carbocycles. The average molecular weight is 275 g/mol. The van der Waals surface area contributed by atoms with E-state index in [1.54, 1.807) is 24.4 Å². The first-order valence-corrected chi connectivity index (χ1v) is 6.20. The number of benzene rings is 1. The van der Waals surface area contributed by atoms with Crippen molar-refractivity contribution in [3.05, 3.63) is 76.2 Å². The molecule has 0 saturated heterocycles. The Hall–Kier alpha value is -3.26. The second-order valence-electron chi connectivity index (χ2n) is 4.29. The lowest BCUT2D eigenvalue weighted by atomic mass is 10.1. The quantitative estimate of drug-likeness (QED) is 0.389. The number of aromatic nitrogens is 2. The van der Waals surface area contributed by atoms with E-state index < -0.39 is 4.92 Å². The number of fused-ring (bicyclic) bond motifs is 1. The van der Waals surface area contributed by atoms with Crippen LogP contribution in [-0.4, -0.2) is 14.9 Å². The lowest BCUT2D eigenvalue weighted by molar-refractivity contribution is -0.383. The Bertz CT molecular complexity index is 880. The van der Waals surface area contributed by atoms with E-state index in [1.165, 1.54) is 12.3 Å². The molecule has 0 atom stereocenters. The lowest BCUT2D eigenvalue weighted by Crippen LogP contribution is -1.92. The van der Waals surface area contributed by atoms with Crippen LogP contribution in [0.15, 0.2) is 54.9 Å². The van der Waals surface area contributed by atoms with Crippen molar-refractivity contribution in [2.75, 3.05) is 0 Å². The number of pyridine rings is 2. The molecule has 0 aliphatic rings. The topological polar surface area (TPSA) is 68.9 Å². The van der Waals surface area contributed by atoms with Gasteiger partial charge in [0.05, 0.1) is 4.92 Å². The first-order chi connectivity index (χ1) is 10.2. The van der Waals surface area contributed by atoms with Crippen LogP contribution in [0.3, 0.4) is 0 Å². The third-order valence-electron chi connectivity index (χ3n) is 2.89. The maximum Gasteiger partial charge on any atom is 0.295 e. The first-order valence-electron chi connectivity index (χ1n) is 6.20. The smallest absolute Gasteiger partial charge is 0.258 e. The van der Waals surface area contributed by atoms with Crippen LogP contribution in [0.5, 0.6) is 0 Å². The van der Waals surface area contributed by atoms with Crippen molar-refractivity contribution in [1.82, 2.24) is 9.97 Å². The van der Waals surface area contributed by atoms with Crippen molar-refractivity contribution in [3.8, 4) is 11.8 Å². The maximum absolute atomic E-state index is 10.9. The Labute approximate surface area is 120 Å². The Balaban J connectivity index is 2.03. The largest absolute Gasteiger partial charge is 0.295 e. The van der Waals surface area contributed by atoms with E-state index in [9.17, 15) is 10.1 Å². The van der Waals surface area contributed by atoms with Gasteiger partial charge in [-0.05, 0) is 24.1 Å². The number of para-hydroxylation sites is 1. The summed E-state index contributed by atoms with van der Waals surface area (Å²) in [6, 6.07) is 12.1. The SMILES string of the molecule is O=[N+]([O-])c1cccc2cc(C#Cc3ccccn3)cnc12. The van der Waals surface area contributed by atoms with Crippen LogP contribution < -0.4 is 0 Å². The van der Waals surface area contributed by atoms with Crippen LogP contribution >= 0.6 is 0 Å². The van der Waals surface area contributed by atoms with E-state index in [0.717, 1.165) is 0 Å². The molecule has 1 aromatic carbocycles. The first kappa shape index (κ1) is 12.8. The molecule has 5 nitrogen and oxygen atoms in total. The van der Waals surface area contributed by atoms with Crippen molar-refractivity contribution in [2.24, 2.45) is 0 Å². The maximum atomic E-state index is 10.9. The molecule has 0 fully saturated rings. The van der Waals surface area contributed by atoms with Gasteiger partial charge in [0.2, 0.25) is 0 Å². The molecular formula is C16H9N3O2. The number of nitro benzene ring substituents is 1. The van der Waals surface area contributed by atoms with E-state index in [1.807, 2.05) is 18.2 Å². The highest BCUT2D eigenvalue weighted by Gasteiger charge is 2.12. The number of hydrogen-bond donors (Lipinski definition) is 0. The molecule has 0 spiro atoms. The molecular weight excluding hydrogens is 266 g/mol. The fourth-order valence-corrected chi connectivity index (χ4v) is 1.93. The fraction of sp³-hybridized carbons (Fsp3) is 0. The molecule has 0 aliphatic carbocycles. The normalized spacial score (nSPS) is 9.90. The highest BCUT2D eigenvalue weighted by molar-refractivity contribution is 5.87. The fourth-order valence-electron chi connectivity index (χ4n) is 1.93. The van der Waals surface area contributed by atoms with E-state index in [4.69, 9.17) is 0 Å². The van der Waals surface area contributed by atoms with Crippen LogP contribution in [0.25, 0.3) is 10.9 Å². The van der Waals surface area contributed by atoms with Gasteiger partial charge in [-0.2, -0.15) is 0 Å². The monoisotopic (exact) mass is 275 g/mol. The minimum atomic E-state index is -0.436. The molecule has 5 heteroatoms. The molecule has 0 amide bonds. The molecule has 0 N–H and O–H groups in total. The summed E-state index contributed by atoms with van der Waals surface area (Å²) in [6.45, 7) is 0. The van der Waals surface area contributed by atoms with Gasteiger partial charge in [-0.1, -0.05) is 24.1 Å². The summed E-state index contributed by atoms with van der Waals surface area (Å²) in [5.41, 5.74) is 1.72. The van der Waals surface area contributed by atoms with Crippen LogP contribution in [-0.2, 0) is 0 Å². The second-order valence-corrected chi connectivity index (χ2v) is 4.29. The Morgan fingerprint density at radius 2 is 1.95 bits per heavy atom. The molecule has 21 heavy (non-hydrogen) atoms. The number of hydrogen-bond acceptors (Lipinski definition) is 4. The minimum absolute atomic E-state index is 0.00302. The molecule has 3 aromatic rings. The molecule has 3 rings (SSSR count). The number of nitro groups is 1. The van der Waals surface area contributed by atoms with E-state index in [-0.39, 0.29) is 5.69 Å². The molecule has 0 bridgehead atoms. The third kappa shape index (κ3) is 2.69. The zero-order valence-electron chi connectivity index (χ0n) is 10.9. The van der Waals surface area contributed by atoms with Crippen molar-refractivity contribution in [3.63, 3.8) is 0 Å². The number of non-ortho nitro benzene ring substituents is 1. The van der Waals surface area contributed by atoms with Crippen molar-refractivity contribution < 1.29 is 4.92 Å². The van der Waals surface area contributed by atoms with Crippen molar-refractivity contribution in [1.29, 1.82) is 0 Å². The van der Waals surface area contributed by atoms with Gasteiger partial charge in [-0.25, -0.2) is 9.97 Å². The Kier molecular flexibility index (Phi) is 3.27. The molecule has 0 unspecified atom stereocenters. The van der Waals surface area contributed by atoms with Gasteiger partial charge in [0.1, 0.15) is 11.2 Å². The van der Waals surface area contributed by atoms with Gasteiger partial charge in [-0.15, -0.1) is 0 Å². The molecule has 0 radical (unpaired) electrons. The summed E-state index contributed by atoms with van der Waals surface area (Å²) in [6.07, 6.45) is 3.21. The van der Waals surface area contributed by atoms with Crippen LogP contribution in [0, 0.1) is 22.0 Å². The zero-order valence-corrected chi connectivity index (χ0v) is 10.9. The average Bonchev–Trinajstić information content (AvgIpc) is 2.53. The summed E-state index contributed by atoms with van der Waals surface area (Å²) in [7, 11) is 0. The summed E-state index contributed by atoms with van der Waals surface area (Å²) in [5.74, 6) is 5.88. The predicted octanol–water partition coefficient (Wildman–Crippen LogP) is 2.94. The highest BCUT2D eigenvalue weighted by Crippen LogP contribution is 2.23. The summed E-state index contributed by atoms with van der Waals surface area (Å²) < 4.78 is 0. The van der Waals surface area contributed by atoms with Gasteiger partial charge < -0.3 is 0 Å². The number of rotatable bonds is 1. The second kappa shape index (κ2) is 5.39. The third-order valence-corrected chi connectivity index (χ3v) is 2.89. The predicted molar refractivity (Wildman–Crippen MR) is 78.6 cm³/mol. The van der Waals surface area contributed by atoms with Gasteiger partial charge in [0.15, 0.2) is 0 Å². The van der Waals surface area contributed by atoms with Crippen LogP contribution in [0.1, 0.15) is 11.3 Å². The van der Waals surface area contributed by atoms with Crippen LogP contribution in [0.2, 0.25) is 0 Å². The molecule has 2 aromatic heterocycles. The van der Waals surface area contributed by atoms with Crippen LogP contribution in [0.4, 0.5) is 5.69 Å². The summed E-state index contributed by atoms with van der Waals surface area (Å²) in [4.78, 5) is 18.8. The standard InChI is InChI=1S/C16H9N3O2/c20-19(21)15-6-3-4-13-10-12(11-18-16(13)15)7-8-14-5-1-2-9-17-14/h1-6,9-11H. The van der Waals surface area contributed by atoms with E-state index in [0.29, 0.717) is 22.2 Å². The van der Waals surface area contributed by atoms with E-state index >= 15 is 0 Å². The van der Waals surface area contributed by atoms with Gasteiger partial charge in [-0.3, -0.25) is 10.1 Å². The Morgan fingerprint density at radius 1 is 1.05 bits per heavy atom. The van der Waals surface area contributed by atoms with Gasteiger partial charge in [0, 0.05) is 29.4 Å². The minimum Gasteiger partial charge on any atom is -0.258 e. The van der Waals surface area contributed by atoms with Gasteiger partial charge >= 0.3 is 0 Å². The molecule has 2 heterocycles. The molecule has 100 valence electrons. The summed E-state index contributed by atoms with van der Waals surface area (Å²) >= 11 is 0. The van der Waals surface area contributed by atoms with Crippen molar-refractivity contribution in [2.45, 2.75) is 0 Å². The lowest BCUT2D eigenvalue weighted by Gasteiger charge is -1.98. The van der Waals surface area contributed by atoms with Gasteiger partial charge in [0.25, 0.3) is 5.69 Å².